The van der Waals surface area contributed by atoms with Crippen LogP contribution in [0.15, 0.2) is 36.4 Å². The number of anilines is 2. The summed E-state index contributed by atoms with van der Waals surface area (Å²) in [5.74, 6) is 0.173. The van der Waals surface area contributed by atoms with E-state index in [9.17, 15) is 9.59 Å². The number of aryl methyl sites for hydroxylation is 1. The molecule has 2 aromatic heterocycles. The maximum absolute atomic E-state index is 12.8. The third-order valence-corrected chi connectivity index (χ3v) is 6.92. The van der Waals surface area contributed by atoms with Gasteiger partial charge in [-0.05, 0) is 43.3 Å². The number of carbonyl (C=O) groups is 2. The standard InChI is InChI=1S/C23H23ClN6O3S/c1-13(21(32)30-7-9-33-10-8-30)25-20(31)14-3-6-18-17(11-14)26-22(29(18)2)28-23-27-16-5-4-15(24)12-19(16)34-23/h3-6,11-13H,7-10H2,1-2H3,(H,25,31)(H,26,27,28)/t13-/m1/s1. The van der Waals surface area contributed by atoms with E-state index in [-0.39, 0.29) is 11.8 Å². The number of hydrogen-bond donors (Lipinski definition) is 2. The summed E-state index contributed by atoms with van der Waals surface area (Å²) >= 11 is 7.56. The van der Waals surface area contributed by atoms with Gasteiger partial charge in [0, 0.05) is 30.7 Å². The van der Waals surface area contributed by atoms with Gasteiger partial charge >= 0.3 is 0 Å². The van der Waals surface area contributed by atoms with Crippen molar-refractivity contribution in [3.05, 3.63) is 47.0 Å². The molecule has 34 heavy (non-hydrogen) atoms. The summed E-state index contributed by atoms with van der Waals surface area (Å²) in [7, 11) is 1.89. The van der Waals surface area contributed by atoms with Crippen LogP contribution in [0.2, 0.25) is 5.02 Å². The molecule has 0 radical (unpaired) electrons. The Morgan fingerprint density at radius 3 is 2.71 bits per heavy atom. The lowest BCUT2D eigenvalue weighted by molar-refractivity contribution is -0.136. The van der Waals surface area contributed by atoms with Gasteiger partial charge in [0.1, 0.15) is 6.04 Å². The van der Waals surface area contributed by atoms with Crippen LogP contribution >= 0.6 is 22.9 Å². The lowest BCUT2D eigenvalue weighted by Crippen LogP contribution is -2.50. The SMILES string of the molecule is C[C@@H](NC(=O)c1ccc2c(c1)nc(Nc1nc3ccc(Cl)cc3s1)n2C)C(=O)N1CCOCC1. The van der Waals surface area contributed by atoms with E-state index < -0.39 is 6.04 Å². The Morgan fingerprint density at radius 1 is 1.12 bits per heavy atom. The van der Waals surface area contributed by atoms with Crippen molar-refractivity contribution in [3.8, 4) is 0 Å². The number of carbonyl (C=O) groups excluding carboxylic acids is 2. The van der Waals surface area contributed by atoms with Crippen molar-refractivity contribution in [3.63, 3.8) is 0 Å². The smallest absolute Gasteiger partial charge is 0.251 e. The molecule has 9 nitrogen and oxygen atoms in total. The quantitative estimate of drug-likeness (QED) is 0.436. The average Bonchev–Trinajstić information content (AvgIpc) is 3.38. The number of ether oxygens (including phenoxy) is 1. The summed E-state index contributed by atoms with van der Waals surface area (Å²) in [4.78, 5) is 36.4. The van der Waals surface area contributed by atoms with E-state index in [1.807, 2.05) is 35.9 Å². The molecule has 176 valence electrons. The number of imidazole rings is 1. The third kappa shape index (κ3) is 4.44. The van der Waals surface area contributed by atoms with E-state index in [2.05, 4.69) is 20.6 Å². The molecular weight excluding hydrogens is 476 g/mol. The number of benzene rings is 2. The monoisotopic (exact) mass is 498 g/mol. The molecule has 0 bridgehead atoms. The van der Waals surface area contributed by atoms with Gasteiger partial charge < -0.3 is 24.8 Å². The zero-order valence-corrected chi connectivity index (χ0v) is 20.2. The van der Waals surface area contributed by atoms with E-state index >= 15 is 0 Å². The third-order valence-electron chi connectivity index (χ3n) is 5.75. The molecule has 1 atom stereocenters. The van der Waals surface area contributed by atoms with Crippen molar-refractivity contribution in [1.29, 1.82) is 0 Å². The molecule has 11 heteroatoms. The Morgan fingerprint density at radius 2 is 1.91 bits per heavy atom. The normalized spacial score (nSPS) is 15.0. The Labute approximate surface area is 204 Å². The van der Waals surface area contributed by atoms with Crippen molar-refractivity contribution >= 4 is 67.1 Å². The predicted molar refractivity (Wildman–Crippen MR) is 133 cm³/mol. The van der Waals surface area contributed by atoms with Crippen molar-refractivity contribution in [2.24, 2.45) is 7.05 Å². The van der Waals surface area contributed by atoms with Gasteiger partial charge in [-0.2, -0.15) is 0 Å². The molecule has 1 aliphatic rings. The minimum Gasteiger partial charge on any atom is -0.378 e. The van der Waals surface area contributed by atoms with Crippen molar-refractivity contribution in [2.45, 2.75) is 13.0 Å². The molecule has 2 aromatic carbocycles. The number of nitrogens with one attached hydrogen (secondary N) is 2. The van der Waals surface area contributed by atoms with Crippen LogP contribution in [-0.4, -0.2) is 63.6 Å². The second-order valence-corrected chi connectivity index (χ2v) is 9.55. The second kappa shape index (κ2) is 9.21. The lowest BCUT2D eigenvalue weighted by atomic mass is 10.1. The molecule has 1 saturated heterocycles. The molecule has 1 fully saturated rings. The fourth-order valence-corrected chi connectivity index (χ4v) is 5.04. The van der Waals surface area contributed by atoms with E-state index in [1.165, 1.54) is 11.3 Å². The molecule has 0 spiro atoms. The molecule has 3 heterocycles. The number of amides is 2. The van der Waals surface area contributed by atoms with Crippen LogP contribution in [0.5, 0.6) is 0 Å². The second-order valence-electron chi connectivity index (χ2n) is 8.09. The van der Waals surface area contributed by atoms with Gasteiger partial charge in [0.2, 0.25) is 11.9 Å². The number of fused-ring (bicyclic) bond motifs is 2. The predicted octanol–water partition coefficient (Wildman–Crippen LogP) is 3.56. The van der Waals surface area contributed by atoms with Crippen LogP contribution in [0.1, 0.15) is 17.3 Å². The van der Waals surface area contributed by atoms with Gasteiger partial charge in [0.25, 0.3) is 5.91 Å². The molecule has 0 aliphatic carbocycles. The molecule has 5 rings (SSSR count). The summed E-state index contributed by atoms with van der Waals surface area (Å²) in [5, 5.41) is 7.42. The highest BCUT2D eigenvalue weighted by atomic mass is 35.5. The minimum absolute atomic E-state index is 0.112. The molecular formula is C23H23ClN6O3S. The number of nitrogens with zero attached hydrogens (tertiary/aromatic N) is 4. The molecule has 2 N–H and O–H groups in total. The molecule has 1 aliphatic heterocycles. The van der Waals surface area contributed by atoms with E-state index in [0.717, 1.165) is 15.7 Å². The highest BCUT2D eigenvalue weighted by Crippen LogP contribution is 2.31. The van der Waals surface area contributed by atoms with Crippen molar-refractivity contribution in [1.82, 2.24) is 24.8 Å². The Bertz CT molecular complexity index is 1390. The number of halogens is 1. The van der Waals surface area contributed by atoms with Gasteiger partial charge in [-0.3, -0.25) is 9.59 Å². The summed E-state index contributed by atoms with van der Waals surface area (Å²) in [5.41, 5.74) is 2.82. The van der Waals surface area contributed by atoms with Crippen LogP contribution in [-0.2, 0) is 16.6 Å². The zero-order chi connectivity index (χ0) is 23.8. The van der Waals surface area contributed by atoms with Gasteiger partial charge in [-0.15, -0.1) is 0 Å². The molecule has 0 saturated carbocycles. The fraction of sp³-hybridized carbons (Fsp3) is 0.304. The first-order valence-corrected chi connectivity index (χ1v) is 12.1. The van der Waals surface area contributed by atoms with E-state index in [4.69, 9.17) is 16.3 Å². The van der Waals surface area contributed by atoms with Crippen LogP contribution < -0.4 is 10.6 Å². The maximum atomic E-state index is 12.8. The van der Waals surface area contributed by atoms with Crippen molar-refractivity contribution < 1.29 is 14.3 Å². The molecule has 4 aromatic rings. The fourth-order valence-electron chi connectivity index (χ4n) is 3.90. The minimum atomic E-state index is -0.630. The van der Waals surface area contributed by atoms with Gasteiger partial charge in [-0.1, -0.05) is 22.9 Å². The maximum Gasteiger partial charge on any atom is 0.251 e. The summed E-state index contributed by atoms with van der Waals surface area (Å²) in [6, 6.07) is 10.2. The Balaban J connectivity index is 1.32. The number of thiazole rings is 1. The lowest BCUT2D eigenvalue weighted by Gasteiger charge is -2.29. The van der Waals surface area contributed by atoms with Crippen LogP contribution in [0.3, 0.4) is 0 Å². The van der Waals surface area contributed by atoms with Crippen LogP contribution in [0.25, 0.3) is 21.3 Å². The van der Waals surface area contributed by atoms with Gasteiger partial charge in [0.05, 0.1) is 34.5 Å². The number of rotatable bonds is 5. The average molecular weight is 499 g/mol. The number of aromatic nitrogens is 3. The first-order chi connectivity index (χ1) is 16.4. The van der Waals surface area contributed by atoms with Gasteiger partial charge in [-0.25, -0.2) is 9.97 Å². The first kappa shape index (κ1) is 22.6. The van der Waals surface area contributed by atoms with Crippen LogP contribution in [0, 0.1) is 0 Å². The largest absolute Gasteiger partial charge is 0.378 e. The zero-order valence-electron chi connectivity index (χ0n) is 18.7. The van der Waals surface area contributed by atoms with E-state index in [1.54, 1.807) is 24.0 Å². The highest BCUT2D eigenvalue weighted by Gasteiger charge is 2.24. The summed E-state index contributed by atoms with van der Waals surface area (Å²) < 4.78 is 8.17. The summed E-state index contributed by atoms with van der Waals surface area (Å²) in [6.45, 7) is 3.81. The topological polar surface area (TPSA) is 101 Å². The first-order valence-electron chi connectivity index (χ1n) is 10.9. The van der Waals surface area contributed by atoms with Crippen molar-refractivity contribution in [2.75, 3.05) is 31.6 Å². The number of morpholine rings is 1. The highest BCUT2D eigenvalue weighted by molar-refractivity contribution is 7.22. The van der Waals surface area contributed by atoms with Gasteiger partial charge in [0.15, 0.2) is 5.13 Å². The molecule has 0 unspecified atom stereocenters. The number of hydrogen-bond acceptors (Lipinski definition) is 7. The molecule has 2 amide bonds. The van der Waals surface area contributed by atoms with Crippen LogP contribution in [0.4, 0.5) is 11.1 Å². The Hall–Kier alpha value is -3.21. The Kier molecular flexibility index (Phi) is 6.11. The summed E-state index contributed by atoms with van der Waals surface area (Å²) in [6.07, 6.45) is 0. The van der Waals surface area contributed by atoms with E-state index in [0.29, 0.717) is 53.5 Å².